The summed E-state index contributed by atoms with van der Waals surface area (Å²) >= 11 is 0. The number of Topliss-reactive ketones (excluding diaryl/α,β-unsaturated/α-hetero) is 1. The van der Waals surface area contributed by atoms with Gasteiger partial charge in [-0.2, -0.15) is 0 Å². The molecule has 1 aromatic heterocycles. The average molecular weight is 590 g/mol. The highest BCUT2D eigenvalue weighted by Gasteiger charge is 2.50. The van der Waals surface area contributed by atoms with Gasteiger partial charge in [-0.25, -0.2) is 4.98 Å². The Kier molecular flexibility index (Phi) is 9.10. The van der Waals surface area contributed by atoms with Crippen LogP contribution in [0.1, 0.15) is 62.1 Å². The van der Waals surface area contributed by atoms with Crippen molar-refractivity contribution in [2.45, 2.75) is 76.1 Å². The number of fused-ring (bicyclic) bond motifs is 1. The van der Waals surface area contributed by atoms with Gasteiger partial charge in [0.2, 0.25) is 11.8 Å². The summed E-state index contributed by atoms with van der Waals surface area (Å²) in [4.78, 5) is 60.5. The summed E-state index contributed by atoms with van der Waals surface area (Å²) in [5, 5.41) is 8.40. The van der Waals surface area contributed by atoms with E-state index in [0.717, 1.165) is 31.2 Å². The molecule has 2 fully saturated rings. The Bertz CT molecular complexity index is 1440. The van der Waals surface area contributed by atoms with Crippen molar-refractivity contribution in [3.63, 3.8) is 0 Å². The average Bonchev–Trinajstić information content (AvgIpc) is 3.36. The minimum absolute atomic E-state index is 0.0810. The fourth-order valence-corrected chi connectivity index (χ4v) is 5.60. The number of epoxide rings is 1. The Balaban J connectivity index is 1.30. The maximum Gasteiger partial charge on any atom is 0.287 e. The normalized spacial score (nSPS) is 20.2. The van der Waals surface area contributed by atoms with Crippen LogP contribution < -0.4 is 20.7 Å². The lowest BCUT2D eigenvalue weighted by Crippen LogP contribution is -2.57. The maximum absolute atomic E-state index is 13.8. The first-order chi connectivity index (χ1) is 20.6. The van der Waals surface area contributed by atoms with Crippen LogP contribution in [0.2, 0.25) is 0 Å². The van der Waals surface area contributed by atoms with E-state index in [1.54, 1.807) is 38.3 Å². The molecule has 2 aliphatic rings. The minimum atomic E-state index is -1.00. The molecule has 0 spiro atoms. The molecule has 3 aromatic rings. The fraction of sp³-hybridized carbons (Fsp3) is 0.469. The predicted molar refractivity (Wildman–Crippen MR) is 160 cm³/mol. The van der Waals surface area contributed by atoms with Crippen LogP contribution in [0.4, 0.5) is 0 Å². The van der Waals surface area contributed by atoms with Crippen molar-refractivity contribution in [2.24, 2.45) is 5.92 Å². The number of imidazole rings is 1. The van der Waals surface area contributed by atoms with Crippen molar-refractivity contribution in [2.75, 3.05) is 13.7 Å². The van der Waals surface area contributed by atoms with Crippen molar-refractivity contribution in [1.29, 1.82) is 0 Å². The molecule has 0 bridgehead atoms. The smallest absolute Gasteiger partial charge is 0.287 e. The molecule has 4 atom stereocenters. The zero-order valence-electron chi connectivity index (χ0n) is 24.8. The van der Waals surface area contributed by atoms with E-state index in [0.29, 0.717) is 35.7 Å². The highest BCUT2D eigenvalue weighted by molar-refractivity contribution is 5.99. The summed E-state index contributed by atoms with van der Waals surface area (Å²) in [6.07, 6.45) is 4.97. The molecule has 43 heavy (non-hydrogen) atoms. The van der Waals surface area contributed by atoms with Crippen LogP contribution in [0.15, 0.2) is 48.5 Å². The number of nitrogens with zero attached hydrogens (tertiary/aromatic N) is 1. The second kappa shape index (κ2) is 12.9. The first kappa shape index (κ1) is 30.2. The number of hydrogen-bond acceptors (Lipinski definition) is 7. The quantitative estimate of drug-likeness (QED) is 0.224. The molecule has 11 nitrogen and oxygen atoms in total. The van der Waals surface area contributed by atoms with Crippen LogP contribution in [0.5, 0.6) is 5.75 Å². The van der Waals surface area contributed by atoms with Gasteiger partial charge in [0.1, 0.15) is 23.4 Å². The number of H-pyrrole nitrogens is 1. The van der Waals surface area contributed by atoms with Gasteiger partial charge >= 0.3 is 0 Å². The van der Waals surface area contributed by atoms with Crippen LogP contribution in [0, 0.1) is 5.92 Å². The number of rotatable bonds is 13. The first-order valence-electron chi connectivity index (χ1n) is 14.8. The van der Waals surface area contributed by atoms with Gasteiger partial charge < -0.3 is 30.4 Å². The van der Waals surface area contributed by atoms with Gasteiger partial charge in [0.05, 0.1) is 30.8 Å². The molecular formula is C32H39N5O6. The van der Waals surface area contributed by atoms with Crippen LogP contribution in [-0.2, 0) is 25.5 Å². The second-order valence-corrected chi connectivity index (χ2v) is 11.7. The number of methoxy groups -OCH3 is 1. The van der Waals surface area contributed by atoms with E-state index in [2.05, 4.69) is 25.9 Å². The van der Waals surface area contributed by atoms with Gasteiger partial charge in [-0.3, -0.25) is 19.2 Å². The molecule has 2 heterocycles. The molecule has 2 aromatic carbocycles. The van der Waals surface area contributed by atoms with Gasteiger partial charge in [0.15, 0.2) is 11.6 Å². The van der Waals surface area contributed by atoms with E-state index >= 15 is 0 Å². The summed E-state index contributed by atoms with van der Waals surface area (Å²) < 4.78 is 10.7. The minimum Gasteiger partial charge on any atom is -0.497 e. The number of ketones is 1. The third-order valence-electron chi connectivity index (χ3n) is 8.35. The Labute approximate surface area is 250 Å². The van der Waals surface area contributed by atoms with Gasteiger partial charge in [-0.05, 0) is 56.0 Å². The standard InChI is InChI=1S/C32H39N5O6/c1-19(33-31(41)28-34-23-10-6-7-11-24(23)35-28)29(39)37-26(17-21-12-14-22(42-3)15-13-21)30(40)36-25(16-20-8-4-5-9-20)27(38)32(2)18-43-32/h6-7,10-15,19-20,25-26H,4-5,8-9,16-18H2,1-3H3,(H,33,41)(H,34,35)(H,36,40)(H,37,39)/t19-,25+,26+,32+/m1/s1. The topological polar surface area (TPSA) is 155 Å². The Hall–Kier alpha value is -4.25. The van der Waals surface area contributed by atoms with Gasteiger partial charge in [-0.1, -0.05) is 49.9 Å². The van der Waals surface area contributed by atoms with E-state index in [9.17, 15) is 19.2 Å². The molecule has 3 amide bonds. The number of amides is 3. The lowest BCUT2D eigenvalue weighted by Gasteiger charge is -2.26. The van der Waals surface area contributed by atoms with Crippen molar-refractivity contribution in [3.8, 4) is 5.75 Å². The lowest BCUT2D eigenvalue weighted by molar-refractivity contribution is -0.133. The van der Waals surface area contributed by atoms with Gasteiger partial charge in [0.25, 0.3) is 5.91 Å². The van der Waals surface area contributed by atoms with Crippen molar-refractivity contribution in [3.05, 3.63) is 59.9 Å². The van der Waals surface area contributed by atoms with Crippen molar-refractivity contribution >= 4 is 34.5 Å². The maximum atomic E-state index is 13.8. The first-order valence-corrected chi connectivity index (χ1v) is 14.8. The highest BCUT2D eigenvalue weighted by Crippen LogP contribution is 2.33. The van der Waals surface area contributed by atoms with E-state index in [1.165, 1.54) is 6.92 Å². The fourth-order valence-electron chi connectivity index (χ4n) is 5.60. The number of carbonyl (C=O) groups excluding carboxylic acids is 4. The van der Waals surface area contributed by atoms with Crippen molar-refractivity contribution in [1.82, 2.24) is 25.9 Å². The van der Waals surface area contributed by atoms with Crippen LogP contribution in [-0.4, -0.2) is 70.9 Å². The lowest BCUT2D eigenvalue weighted by atomic mass is 9.90. The Morgan fingerprint density at radius 1 is 1.00 bits per heavy atom. The van der Waals surface area contributed by atoms with E-state index in [1.807, 2.05) is 24.3 Å². The number of benzene rings is 2. The number of aromatic nitrogens is 2. The molecule has 0 radical (unpaired) electrons. The molecule has 1 aliphatic heterocycles. The van der Waals surface area contributed by atoms with Crippen LogP contribution in [0.25, 0.3) is 11.0 Å². The third kappa shape index (κ3) is 7.40. The molecule has 1 aliphatic carbocycles. The number of aromatic amines is 1. The number of nitrogens with one attached hydrogen (secondary N) is 4. The Morgan fingerprint density at radius 3 is 2.33 bits per heavy atom. The largest absolute Gasteiger partial charge is 0.497 e. The summed E-state index contributed by atoms with van der Waals surface area (Å²) in [5.74, 6) is -0.619. The third-order valence-corrected chi connectivity index (χ3v) is 8.35. The number of hydrogen-bond donors (Lipinski definition) is 4. The van der Waals surface area contributed by atoms with Gasteiger partial charge in [0, 0.05) is 6.42 Å². The SMILES string of the molecule is COc1ccc(C[C@H](NC(=O)[C@@H](C)NC(=O)c2nc3ccccc3[nH]2)C(=O)N[C@@H](CC2CCCC2)C(=O)[C@]2(C)CO2)cc1. The molecule has 11 heteroatoms. The number of para-hydroxylation sites is 2. The van der Waals surface area contributed by atoms with E-state index in [-0.39, 0.29) is 18.0 Å². The second-order valence-electron chi connectivity index (χ2n) is 11.7. The molecular weight excluding hydrogens is 550 g/mol. The predicted octanol–water partition coefficient (Wildman–Crippen LogP) is 2.84. The summed E-state index contributed by atoms with van der Waals surface area (Å²) in [6, 6.07) is 11.7. The summed E-state index contributed by atoms with van der Waals surface area (Å²) in [7, 11) is 1.57. The molecule has 1 saturated carbocycles. The molecule has 0 unspecified atom stereocenters. The van der Waals surface area contributed by atoms with Crippen LogP contribution in [0.3, 0.4) is 0 Å². The Morgan fingerprint density at radius 2 is 1.67 bits per heavy atom. The molecule has 4 N–H and O–H groups in total. The zero-order valence-corrected chi connectivity index (χ0v) is 24.8. The number of carbonyl (C=O) groups is 4. The van der Waals surface area contributed by atoms with E-state index < -0.39 is 41.4 Å². The van der Waals surface area contributed by atoms with Gasteiger partial charge in [-0.15, -0.1) is 0 Å². The van der Waals surface area contributed by atoms with E-state index in [4.69, 9.17) is 9.47 Å². The molecule has 228 valence electrons. The zero-order chi connectivity index (χ0) is 30.6. The number of ether oxygens (including phenoxy) is 2. The highest BCUT2D eigenvalue weighted by atomic mass is 16.6. The summed E-state index contributed by atoms with van der Waals surface area (Å²) in [5.41, 5.74) is 1.23. The van der Waals surface area contributed by atoms with Crippen LogP contribution >= 0.6 is 0 Å². The molecule has 5 rings (SSSR count). The van der Waals surface area contributed by atoms with Crippen molar-refractivity contribution < 1.29 is 28.7 Å². The molecule has 1 saturated heterocycles. The summed E-state index contributed by atoms with van der Waals surface area (Å²) in [6.45, 7) is 3.61. The monoisotopic (exact) mass is 589 g/mol.